The lowest BCUT2D eigenvalue weighted by molar-refractivity contribution is -0.172. The summed E-state index contributed by atoms with van der Waals surface area (Å²) in [5.41, 5.74) is 0.382. The Morgan fingerprint density at radius 1 is 1.17 bits per heavy atom. The predicted molar refractivity (Wildman–Crippen MR) is 85.0 cm³/mol. The molecular weight excluding hydrogens is 298 g/mol. The van der Waals surface area contributed by atoms with Gasteiger partial charge < -0.3 is 9.84 Å². The lowest BCUT2D eigenvalue weighted by Crippen LogP contribution is -2.47. The summed E-state index contributed by atoms with van der Waals surface area (Å²) in [5.74, 6) is -1.70. The van der Waals surface area contributed by atoms with Crippen molar-refractivity contribution < 1.29 is 24.3 Å². The van der Waals surface area contributed by atoms with E-state index < -0.39 is 17.9 Å². The predicted octanol–water partition coefficient (Wildman–Crippen LogP) is 2.33. The summed E-state index contributed by atoms with van der Waals surface area (Å²) in [6.07, 6.45) is 0. The number of aliphatic carboxylic acids is 1. The van der Waals surface area contributed by atoms with Crippen molar-refractivity contribution in [1.82, 2.24) is 5.06 Å². The molecule has 0 fully saturated rings. The van der Waals surface area contributed by atoms with Gasteiger partial charge in [0.1, 0.15) is 0 Å². The third-order valence-corrected chi connectivity index (χ3v) is 3.46. The van der Waals surface area contributed by atoms with Crippen LogP contribution in [0, 0.1) is 0 Å². The summed E-state index contributed by atoms with van der Waals surface area (Å²) in [5, 5.41) is 11.8. The molecule has 0 aromatic heterocycles. The van der Waals surface area contributed by atoms with Crippen LogP contribution in [0.2, 0.25) is 0 Å². The smallest absolute Gasteiger partial charge is 0.331 e. The molecule has 1 atom stereocenters. The van der Waals surface area contributed by atoms with Crippen LogP contribution in [0.1, 0.15) is 17.3 Å². The van der Waals surface area contributed by atoms with E-state index in [1.54, 1.807) is 19.1 Å². The average molecular weight is 317 g/mol. The van der Waals surface area contributed by atoms with Crippen molar-refractivity contribution in [1.29, 1.82) is 0 Å². The summed E-state index contributed by atoms with van der Waals surface area (Å²) in [6, 6.07) is 11.5. The van der Waals surface area contributed by atoms with Crippen molar-refractivity contribution in [2.45, 2.75) is 13.0 Å². The number of benzene rings is 2. The molecule has 2 rings (SSSR count). The van der Waals surface area contributed by atoms with Gasteiger partial charge in [0.25, 0.3) is 5.91 Å². The molecule has 0 saturated heterocycles. The molecule has 0 aliphatic carbocycles. The Labute approximate surface area is 134 Å². The molecule has 1 unspecified atom stereocenters. The molecule has 0 radical (unpaired) electrons. The van der Waals surface area contributed by atoms with Crippen molar-refractivity contribution in [2.75, 3.05) is 20.3 Å². The van der Waals surface area contributed by atoms with E-state index in [0.29, 0.717) is 12.2 Å². The van der Waals surface area contributed by atoms with Gasteiger partial charge in [-0.05, 0) is 23.8 Å². The molecule has 2 aromatic rings. The third-order valence-electron chi connectivity index (χ3n) is 3.46. The molecule has 122 valence electrons. The highest BCUT2D eigenvalue weighted by atomic mass is 16.7. The first-order chi connectivity index (χ1) is 11.1. The lowest BCUT2D eigenvalue weighted by atomic mass is 10.0. The van der Waals surface area contributed by atoms with E-state index in [1.165, 1.54) is 7.11 Å². The molecule has 0 bridgehead atoms. The highest BCUT2D eigenvalue weighted by molar-refractivity contribution is 6.07. The molecule has 2 aromatic carbocycles. The quantitative estimate of drug-likeness (QED) is 0.793. The van der Waals surface area contributed by atoms with E-state index in [2.05, 4.69) is 0 Å². The maximum Gasteiger partial charge on any atom is 0.331 e. The highest BCUT2D eigenvalue weighted by Gasteiger charge is 2.32. The van der Waals surface area contributed by atoms with Crippen LogP contribution in [0.25, 0.3) is 10.8 Å². The van der Waals surface area contributed by atoms with Crippen molar-refractivity contribution >= 4 is 22.6 Å². The Kier molecular flexibility index (Phi) is 5.67. The van der Waals surface area contributed by atoms with Crippen LogP contribution in [0.5, 0.6) is 0 Å². The number of carbonyl (C=O) groups is 2. The van der Waals surface area contributed by atoms with Crippen LogP contribution in [-0.2, 0) is 14.4 Å². The first-order valence-corrected chi connectivity index (χ1v) is 7.26. The van der Waals surface area contributed by atoms with Crippen LogP contribution < -0.4 is 0 Å². The van der Waals surface area contributed by atoms with Gasteiger partial charge in [-0.3, -0.25) is 9.63 Å². The molecule has 23 heavy (non-hydrogen) atoms. The maximum atomic E-state index is 12.8. The number of ether oxygens (including phenoxy) is 1. The van der Waals surface area contributed by atoms with Gasteiger partial charge in [-0.25, -0.2) is 9.86 Å². The highest BCUT2D eigenvalue weighted by Crippen LogP contribution is 2.21. The van der Waals surface area contributed by atoms with Crippen LogP contribution in [0.15, 0.2) is 42.5 Å². The summed E-state index contributed by atoms with van der Waals surface area (Å²) >= 11 is 0. The number of hydrogen-bond acceptors (Lipinski definition) is 4. The van der Waals surface area contributed by atoms with Crippen LogP contribution in [0.3, 0.4) is 0 Å². The number of carboxylic acid groups (broad SMARTS) is 1. The molecule has 6 heteroatoms. The van der Waals surface area contributed by atoms with E-state index in [-0.39, 0.29) is 6.61 Å². The number of rotatable bonds is 7. The number of hydrogen-bond donors (Lipinski definition) is 1. The molecule has 1 amide bonds. The van der Waals surface area contributed by atoms with E-state index >= 15 is 0 Å². The molecule has 0 spiro atoms. The minimum atomic E-state index is -1.22. The number of hydroxylamine groups is 2. The monoisotopic (exact) mass is 317 g/mol. The number of amides is 1. The summed E-state index contributed by atoms with van der Waals surface area (Å²) in [6.45, 7) is 1.96. The zero-order valence-corrected chi connectivity index (χ0v) is 13.1. The van der Waals surface area contributed by atoms with Gasteiger partial charge >= 0.3 is 5.97 Å². The first-order valence-electron chi connectivity index (χ1n) is 7.26. The van der Waals surface area contributed by atoms with Crippen molar-refractivity contribution in [2.24, 2.45) is 0 Å². The molecule has 0 saturated carbocycles. The first kappa shape index (κ1) is 16.9. The minimum Gasteiger partial charge on any atom is -0.480 e. The average Bonchev–Trinajstić information content (AvgIpc) is 2.57. The van der Waals surface area contributed by atoms with Crippen LogP contribution in [-0.4, -0.2) is 48.4 Å². The lowest BCUT2D eigenvalue weighted by Gasteiger charge is -2.26. The Morgan fingerprint density at radius 2 is 1.87 bits per heavy atom. The molecule has 6 nitrogen and oxygen atoms in total. The number of carboxylic acids is 1. The minimum absolute atomic E-state index is 0.143. The fourth-order valence-electron chi connectivity index (χ4n) is 2.35. The van der Waals surface area contributed by atoms with Gasteiger partial charge in [-0.15, -0.1) is 0 Å². The number of nitrogens with zero attached hydrogens (tertiary/aromatic N) is 1. The van der Waals surface area contributed by atoms with Gasteiger partial charge in [-0.2, -0.15) is 0 Å². The Morgan fingerprint density at radius 3 is 2.52 bits per heavy atom. The molecular formula is C17H19NO5. The Bertz CT molecular complexity index is 695. The summed E-state index contributed by atoms with van der Waals surface area (Å²) in [4.78, 5) is 29.3. The summed E-state index contributed by atoms with van der Waals surface area (Å²) in [7, 11) is 1.27. The molecule has 0 aliphatic heterocycles. The maximum absolute atomic E-state index is 12.8. The standard InChI is InChI=1S/C17H19NO5/c1-3-23-11-15(17(20)21)18(22-2)16(19)14-10-6-8-12-7-4-5-9-13(12)14/h4-10,15H,3,11H2,1-2H3,(H,20,21). The second-order valence-corrected chi connectivity index (χ2v) is 4.85. The molecule has 0 heterocycles. The zero-order chi connectivity index (χ0) is 16.8. The van der Waals surface area contributed by atoms with Crippen LogP contribution in [0.4, 0.5) is 0 Å². The van der Waals surface area contributed by atoms with E-state index in [0.717, 1.165) is 15.8 Å². The largest absolute Gasteiger partial charge is 0.480 e. The number of carbonyl (C=O) groups excluding carboxylic acids is 1. The van der Waals surface area contributed by atoms with Gasteiger partial charge in [0, 0.05) is 12.2 Å². The van der Waals surface area contributed by atoms with Gasteiger partial charge in [-0.1, -0.05) is 36.4 Å². The fraction of sp³-hybridized carbons (Fsp3) is 0.294. The third kappa shape index (κ3) is 3.67. The summed E-state index contributed by atoms with van der Waals surface area (Å²) < 4.78 is 5.16. The van der Waals surface area contributed by atoms with Crippen molar-refractivity contribution in [3.8, 4) is 0 Å². The van der Waals surface area contributed by atoms with Crippen LogP contribution >= 0.6 is 0 Å². The SMILES string of the molecule is CCOCC(C(=O)O)N(OC)C(=O)c1cccc2ccccc12. The topological polar surface area (TPSA) is 76.1 Å². The molecule has 1 N–H and O–H groups in total. The normalized spacial score (nSPS) is 12.1. The van der Waals surface area contributed by atoms with Crippen molar-refractivity contribution in [3.05, 3.63) is 48.0 Å². The van der Waals surface area contributed by atoms with Crippen molar-refractivity contribution in [3.63, 3.8) is 0 Å². The van der Waals surface area contributed by atoms with Gasteiger partial charge in [0.05, 0.1) is 13.7 Å². The van der Waals surface area contributed by atoms with E-state index in [1.807, 2.05) is 30.3 Å². The fourth-order valence-corrected chi connectivity index (χ4v) is 2.35. The van der Waals surface area contributed by atoms with E-state index in [4.69, 9.17) is 9.57 Å². The van der Waals surface area contributed by atoms with Gasteiger partial charge in [0.2, 0.25) is 0 Å². The second-order valence-electron chi connectivity index (χ2n) is 4.85. The Balaban J connectivity index is 2.39. The van der Waals surface area contributed by atoms with Gasteiger partial charge in [0.15, 0.2) is 6.04 Å². The second kappa shape index (κ2) is 7.71. The van der Waals surface area contributed by atoms with E-state index in [9.17, 15) is 14.7 Å². The molecule has 0 aliphatic rings. The zero-order valence-electron chi connectivity index (χ0n) is 13.1. The Hall–Kier alpha value is -2.44. The number of fused-ring (bicyclic) bond motifs is 1.